The van der Waals surface area contributed by atoms with Crippen LogP contribution >= 0.6 is 0 Å². The second-order valence-electron chi connectivity index (χ2n) is 30.1. The minimum atomic E-state index is -1.70. The second-order valence-corrected chi connectivity index (χ2v) is 30.1. The van der Waals surface area contributed by atoms with Gasteiger partial charge in [-0.2, -0.15) is 0 Å². The van der Waals surface area contributed by atoms with E-state index in [4.69, 9.17) is 18.9 Å². The van der Waals surface area contributed by atoms with Crippen molar-refractivity contribution in [2.75, 3.05) is 102 Å². The number of morpholine rings is 1. The molecule has 0 spiro atoms. The van der Waals surface area contributed by atoms with Gasteiger partial charge in [-0.25, -0.2) is 4.79 Å². The molecule has 2 rings (SSSR count). The number of hydrogen-bond donors (Lipinski definition) is 5. The maximum absolute atomic E-state index is 15.5. The number of carbonyl (C=O) groups is 12. The molecule has 2 aliphatic rings. The van der Waals surface area contributed by atoms with E-state index in [0.717, 1.165) is 40.8 Å². The van der Waals surface area contributed by atoms with Crippen LogP contribution in [0.3, 0.4) is 0 Å². The molecule has 0 saturated carbocycles. The molecular weight excluding hydrogens is 1320 g/mol. The van der Waals surface area contributed by atoms with Gasteiger partial charge in [-0.15, -0.1) is 0 Å². The first-order valence-corrected chi connectivity index (χ1v) is 37.1. The van der Waals surface area contributed by atoms with Gasteiger partial charge in [0, 0.05) is 69.0 Å². The van der Waals surface area contributed by atoms with Crippen molar-refractivity contribution in [3.05, 3.63) is 0 Å². The fraction of sp³-hybridized carbons (Fsp3) is 0.836. The molecule has 29 nitrogen and oxygen atoms in total. The van der Waals surface area contributed by atoms with E-state index in [2.05, 4.69) is 26.2 Å². The zero-order chi connectivity index (χ0) is 77.9. The number of likely N-dealkylation sites (N-methyl/N-ethyl adjacent to an activating group) is 7. The summed E-state index contributed by atoms with van der Waals surface area (Å²) in [5.41, 5.74) is 0. The van der Waals surface area contributed by atoms with Crippen LogP contribution in [0.5, 0.6) is 0 Å². The Bertz CT molecular complexity index is 2730. The third kappa shape index (κ3) is 27.1. The highest BCUT2D eigenvalue weighted by Gasteiger charge is 2.47. The minimum Gasteiger partial charge on any atom is -0.435 e. The number of aliphatic hydroxyl groups is 1. The van der Waals surface area contributed by atoms with Crippen LogP contribution in [0.15, 0.2) is 0 Å². The molecule has 0 aromatic rings. The van der Waals surface area contributed by atoms with E-state index in [9.17, 15) is 33.9 Å². The van der Waals surface area contributed by atoms with Gasteiger partial charge in [0.1, 0.15) is 66.5 Å². The molecule has 0 aromatic heterocycles. The Morgan fingerprint density at radius 1 is 0.480 bits per heavy atom. The summed E-state index contributed by atoms with van der Waals surface area (Å²) < 4.78 is 21.9. The zero-order valence-corrected chi connectivity index (χ0v) is 66.3. The third-order valence-corrected chi connectivity index (χ3v) is 19.6. The number of amides is 11. The molecule has 14 atom stereocenters. The van der Waals surface area contributed by atoms with E-state index in [1.54, 1.807) is 55.4 Å². The molecule has 586 valence electrons. The van der Waals surface area contributed by atoms with Gasteiger partial charge in [-0.05, 0) is 128 Å². The SMILES string of the molecule is CCOC(=O)OCCCCC[C@@H](C)[C@@H](O)[C@H]1C(=O)N[C@@H](CC)C(=O)N(C)[C@H](C)C(=O)N(C)[C@@H]([C@@H](C)OCCCCN2CCOCC2)C(=O)N[C@@H](C(C)C)C(=O)N(C)[C@@H](CC(C)C)C(=O)N[C@@H](C)C(=O)N[C@H](C)C(=O)N(C)[C@@H](CC(C)C)C(=O)N(C)[C@@H](CC(C)C)C(=O)N(C)[C@@H](C(C)C)C(=O)N1C. The molecule has 102 heavy (non-hydrogen) atoms. The lowest BCUT2D eigenvalue weighted by Gasteiger charge is -2.41. The fourth-order valence-corrected chi connectivity index (χ4v) is 13.1. The van der Waals surface area contributed by atoms with Gasteiger partial charge in [-0.1, -0.05) is 95.9 Å². The van der Waals surface area contributed by atoms with Crippen LogP contribution in [-0.2, 0) is 71.7 Å². The number of rotatable bonds is 25. The van der Waals surface area contributed by atoms with Crippen LogP contribution in [-0.4, -0.2) is 296 Å². The Kier molecular flexibility index (Phi) is 39.6. The number of hydrogen-bond acceptors (Lipinski definition) is 18. The quantitative estimate of drug-likeness (QED) is 0.0639. The average Bonchev–Trinajstić information content (AvgIpc) is 0.800. The first kappa shape index (κ1) is 91.4. The summed E-state index contributed by atoms with van der Waals surface area (Å²) >= 11 is 0. The van der Waals surface area contributed by atoms with Gasteiger partial charge < -0.3 is 79.6 Å². The Morgan fingerprint density at radius 3 is 1.50 bits per heavy atom. The summed E-state index contributed by atoms with van der Waals surface area (Å²) in [6, 6.07) is -14.5. The van der Waals surface area contributed by atoms with Crippen molar-refractivity contribution in [2.24, 2.45) is 35.5 Å². The number of nitrogens with zero attached hydrogens (tertiary/aromatic N) is 8. The van der Waals surface area contributed by atoms with Crippen molar-refractivity contribution in [3.8, 4) is 0 Å². The van der Waals surface area contributed by atoms with Crippen LogP contribution in [0.4, 0.5) is 4.79 Å². The van der Waals surface area contributed by atoms with Crippen molar-refractivity contribution in [2.45, 2.75) is 261 Å². The normalized spacial score (nSPS) is 26.3. The summed E-state index contributed by atoms with van der Waals surface area (Å²) in [6.07, 6.45) is 0.128. The smallest absolute Gasteiger partial charge is 0.435 e. The molecule has 11 amide bonds. The Balaban J connectivity index is 3.01. The molecule has 0 bridgehead atoms. The maximum atomic E-state index is 15.5. The predicted molar refractivity (Wildman–Crippen MR) is 388 cm³/mol. The average molecular weight is 1450 g/mol. The van der Waals surface area contributed by atoms with Gasteiger partial charge in [0.05, 0.1) is 38.6 Å². The minimum absolute atomic E-state index is 0.0415. The second kappa shape index (κ2) is 44.2. The molecule has 0 radical (unpaired) electrons. The first-order valence-electron chi connectivity index (χ1n) is 37.1. The van der Waals surface area contributed by atoms with E-state index in [-0.39, 0.29) is 63.3 Å². The molecule has 2 fully saturated rings. The van der Waals surface area contributed by atoms with Crippen molar-refractivity contribution >= 4 is 71.1 Å². The lowest BCUT2D eigenvalue weighted by Crippen LogP contribution is -2.64. The molecular formula is C73H132N12O17. The van der Waals surface area contributed by atoms with Gasteiger partial charge in [0.15, 0.2) is 0 Å². The van der Waals surface area contributed by atoms with Gasteiger partial charge in [-0.3, -0.25) is 57.6 Å². The van der Waals surface area contributed by atoms with Crippen LogP contribution in [0.1, 0.15) is 182 Å². The Hall–Kier alpha value is -6.72. The topological polar surface area (TPSA) is 336 Å². The molecule has 2 saturated heterocycles. The lowest BCUT2D eigenvalue weighted by atomic mass is 9.90. The number of ether oxygens (including phenoxy) is 4. The van der Waals surface area contributed by atoms with Gasteiger partial charge in [0.25, 0.3) is 0 Å². The molecule has 29 heteroatoms. The summed E-state index contributed by atoms with van der Waals surface area (Å²) in [5.74, 6) is -10.4. The molecule has 2 aliphatic heterocycles. The van der Waals surface area contributed by atoms with E-state index in [1.807, 2.05) is 41.5 Å². The summed E-state index contributed by atoms with van der Waals surface area (Å²) in [4.78, 5) is 187. The number of aliphatic hydroxyl groups excluding tert-OH is 1. The number of carbonyl (C=O) groups excluding carboxylic acids is 12. The van der Waals surface area contributed by atoms with Crippen LogP contribution in [0.2, 0.25) is 0 Å². The Labute approximate surface area is 608 Å². The fourth-order valence-electron chi connectivity index (χ4n) is 13.1. The molecule has 0 aromatic carbocycles. The van der Waals surface area contributed by atoms with E-state index in [1.165, 1.54) is 89.7 Å². The third-order valence-electron chi connectivity index (χ3n) is 19.6. The van der Waals surface area contributed by atoms with Crippen molar-refractivity contribution in [3.63, 3.8) is 0 Å². The highest BCUT2D eigenvalue weighted by molar-refractivity contribution is 6.00. The van der Waals surface area contributed by atoms with E-state index >= 15 is 28.8 Å². The highest BCUT2D eigenvalue weighted by Crippen LogP contribution is 2.27. The van der Waals surface area contributed by atoms with Gasteiger partial charge in [0.2, 0.25) is 65.0 Å². The molecule has 0 aliphatic carbocycles. The summed E-state index contributed by atoms with van der Waals surface area (Å²) in [7, 11) is 9.82. The molecule has 2 heterocycles. The van der Waals surface area contributed by atoms with Crippen molar-refractivity contribution in [1.82, 2.24) is 60.5 Å². The standard InChI is InChI=1S/C73H132N12O17/c1-25-53-68(93)78(18)51(16)67(92)83(23)59(52(17)101-36-31-29-33-85-34-38-99-39-35-85)64(89)77-57(46(9)10)71(96)79(19)54(40-43(3)4)63(88)74-49(14)62(87)75-50(15)66(91)80(20)55(41-44(5)6)69(94)81(21)56(42-45(7)8)70(95)82(22)58(47(11)12)72(97)84(24)60(65(90)76-53)61(86)48(13)32-28-27-30-37-102-73(98)100-26-2/h43-61,86H,25-42H2,1-24H3,(H,74,88)(H,75,87)(H,76,90)(H,77,89)/t48-,49+,50-,51-,52-,53+,54+,55+,56+,57+,58+,59+,60+,61-/m1/s1. The number of nitrogens with one attached hydrogen (secondary N) is 4. The summed E-state index contributed by atoms with van der Waals surface area (Å²) in [5, 5.41) is 23.6. The van der Waals surface area contributed by atoms with Crippen molar-refractivity contribution in [1.29, 1.82) is 0 Å². The molecule has 0 unspecified atom stereocenters. The van der Waals surface area contributed by atoms with Crippen LogP contribution < -0.4 is 21.3 Å². The first-order chi connectivity index (χ1) is 47.6. The van der Waals surface area contributed by atoms with E-state index < -0.39 is 168 Å². The Morgan fingerprint density at radius 2 is 0.971 bits per heavy atom. The zero-order valence-electron chi connectivity index (χ0n) is 66.3. The monoisotopic (exact) mass is 1450 g/mol. The van der Waals surface area contributed by atoms with Crippen molar-refractivity contribution < 1.29 is 81.6 Å². The van der Waals surface area contributed by atoms with E-state index in [0.29, 0.717) is 45.3 Å². The van der Waals surface area contributed by atoms with Gasteiger partial charge >= 0.3 is 6.16 Å². The lowest BCUT2D eigenvalue weighted by molar-refractivity contribution is -0.157. The molecule has 5 N–H and O–H groups in total. The maximum Gasteiger partial charge on any atom is 0.508 e. The number of unbranched alkanes of at least 4 members (excludes halogenated alkanes) is 3. The predicted octanol–water partition coefficient (Wildman–Crippen LogP) is 3.90. The van der Waals surface area contributed by atoms with Crippen LogP contribution in [0.25, 0.3) is 0 Å². The van der Waals surface area contributed by atoms with Crippen LogP contribution in [0, 0.1) is 35.5 Å². The highest BCUT2D eigenvalue weighted by atomic mass is 16.7. The summed E-state index contributed by atoms with van der Waals surface area (Å²) in [6.45, 7) is 33.0. The largest absolute Gasteiger partial charge is 0.508 e.